The molecule has 1 aliphatic rings. The summed E-state index contributed by atoms with van der Waals surface area (Å²) in [6.45, 7) is 4.42. The first-order chi connectivity index (χ1) is 10.1. The normalized spacial score (nSPS) is 17.2. The maximum atomic E-state index is 12.3. The Morgan fingerprint density at radius 2 is 1.95 bits per heavy atom. The van der Waals surface area contributed by atoms with Gasteiger partial charge in [-0.25, -0.2) is 0 Å². The number of aromatic hydroxyl groups is 2. The number of piperazine rings is 1. The van der Waals surface area contributed by atoms with E-state index in [1.807, 2.05) is 6.92 Å². The Morgan fingerprint density at radius 1 is 1.29 bits per heavy atom. The first-order valence-corrected chi connectivity index (χ1v) is 7.01. The zero-order valence-corrected chi connectivity index (χ0v) is 12.0. The summed E-state index contributed by atoms with van der Waals surface area (Å²) in [5.41, 5.74) is 0.353. The molecule has 0 aliphatic carbocycles. The molecule has 1 heterocycles. The van der Waals surface area contributed by atoms with E-state index in [4.69, 9.17) is 5.26 Å². The summed E-state index contributed by atoms with van der Waals surface area (Å²) in [5, 5.41) is 27.8. The molecule has 112 valence electrons. The van der Waals surface area contributed by atoms with E-state index in [9.17, 15) is 15.0 Å². The van der Waals surface area contributed by atoms with Gasteiger partial charge in [-0.3, -0.25) is 9.69 Å². The number of phenolic OH excluding ortho intramolecular Hbond substituents is 2. The van der Waals surface area contributed by atoms with Crippen LogP contribution in [0.1, 0.15) is 23.7 Å². The van der Waals surface area contributed by atoms with E-state index in [0.29, 0.717) is 31.7 Å². The van der Waals surface area contributed by atoms with Crippen LogP contribution in [0.2, 0.25) is 0 Å². The van der Waals surface area contributed by atoms with Crippen LogP contribution in [0.3, 0.4) is 0 Å². The van der Waals surface area contributed by atoms with Crippen LogP contribution >= 0.6 is 0 Å². The minimum absolute atomic E-state index is 0.0973. The molecule has 1 aromatic rings. The van der Waals surface area contributed by atoms with Crippen LogP contribution in [0.4, 0.5) is 0 Å². The lowest BCUT2D eigenvalue weighted by molar-refractivity contribution is 0.0604. The van der Waals surface area contributed by atoms with Crippen molar-refractivity contribution < 1.29 is 15.0 Å². The van der Waals surface area contributed by atoms with Crippen molar-refractivity contribution in [1.29, 1.82) is 5.26 Å². The average molecular weight is 289 g/mol. The number of nitriles is 1. The van der Waals surface area contributed by atoms with Gasteiger partial charge >= 0.3 is 0 Å². The molecule has 1 amide bonds. The minimum Gasteiger partial charge on any atom is -0.504 e. The van der Waals surface area contributed by atoms with Crippen LogP contribution in [-0.4, -0.2) is 58.1 Å². The van der Waals surface area contributed by atoms with E-state index in [-0.39, 0.29) is 23.4 Å². The van der Waals surface area contributed by atoms with Gasteiger partial charge < -0.3 is 15.1 Å². The molecule has 1 saturated heterocycles. The molecule has 0 saturated carbocycles. The molecular weight excluding hydrogens is 270 g/mol. The Labute approximate surface area is 123 Å². The average Bonchev–Trinajstić information content (AvgIpc) is 2.51. The number of carbonyl (C=O) groups excluding carboxylic acids is 1. The molecule has 1 atom stereocenters. The third-order valence-electron chi connectivity index (χ3n) is 3.80. The van der Waals surface area contributed by atoms with E-state index >= 15 is 0 Å². The molecular formula is C15H19N3O3. The summed E-state index contributed by atoms with van der Waals surface area (Å²) >= 11 is 0. The number of carbonyl (C=O) groups is 1. The van der Waals surface area contributed by atoms with E-state index < -0.39 is 0 Å². The van der Waals surface area contributed by atoms with Crippen LogP contribution in [0, 0.1) is 11.3 Å². The molecule has 2 rings (SSSR count). The Bertz CT molecular complexity index is 560. The van der Waals surface area contributed by atoms with Gasteiger partial charge in [-0.05, 0) is 24.6 Å². The van der Waals surface area contributed by atoms with Crippen LogP contribution in [-0.2, 0) is 0 Å². The highest BCUT2D eigenvalue weighted by Crippen LogP contribution is 2.25. The summed E-state index contributed by atoms with van der Waals surface area (Å²) in [6.07, 6.45) is 0.774. The number of nitrogens with zero attached hydrogens (tertiary/aromatic N) is 3. The van der Waals surface area contributed by atoms with Gasteiger partial charge in [-0.1, -0.05) is 6.92 Å². The molecule has 1 unspecified atom stereocenters. The molecule has 1 aliphatic heterocycles. The van der Waals surface area contributed by atoms with Crippen LogP contribution in [0.15, 0.2) is 18.2 Å². The molecule has 0 radical (unpaired) electrons. The highest BCUT2D eigenvalue weighted by molar-refractivity contribution is 5.95. The fraction of sp³-hybridized carbons (Fsp3) is 0.467. The van der Waals surface area contributed by atoms with E-state index in [0.717, 1.165) is 6.42 Å². The summed E-state index contributed by atoms with van der Waals surface area (Å²) in [7, 11) is 0. The monoisotopic (exact) mass is 289 g/mol. The zero-order chi connectivity index (χ0) is 15.4. The van der Waals surface area contributed by atoms with Crippen molar-refractivity contribution in [1.82, 2.24) is 9.80 Å². The van der Waals surface area contributed by atoms with Gasteiger partial charge in [0.05, 0.1) is 12.1 Å². The molecule has 6 heteroatoms. The largest absolute Gasteiger partial charge is 0.504 e. The highest BCUT2D eigenvalue weighted by Gasteiger charge is 2.26. The molecule has 6 nitrogen and oxygen atoms in total. The van der Waals surface area contributed by atoms with Crippen molar-refractivity contribution in [2.75, 3.05) is 26.2 Å². The maximum absolute atomic E-state index is 12.3. The second-order valence-corrected chi connectivity index (χ2v) is 5.08. The fourth-order valence-corrected chi connectivity index (χ4v) is 2.51. The predicted molar refractivity (Wildman–Crippen MR) is 76.9 cm³/mol. The Hall–Kier alpha value is -2.26. The lowest BCUT2D eigenvalue weighted by atomic mass is 10.1. The molecule has 2 N–H and O–H groups in total. The summed E-state index contributed by atoms with van der Waals surface area (Å²) in [4.78, 5) is 16.1. The number of rotatable bonds is 3. The third-order valence-corrected chi connectivity index (χ3v) is 3.80. The predicted octanol–water partition coefficient (Wildman–Crippen LogP) is 1.16. The van der Waals surface area contributed by atoms with Crippen molar-refractivity contribution in [2.24, 2.45) is 0 Å². The zero-order valence-electron chi connectivity index (χ0n) is 12.0. The first-order valence-electron chi connectivity index (χ1n) is 7.01. The van der Waals surface area contributed by atoms with Gasteiger partial charge in [-0.2, -0.15) is 5.26 Å². The Balaban J connectivity index is 2.00. The second kappa shape index (κ2) is 6.46. The van der Waals surface area contributed by atoms with Crippen LogP contribution in [0.5, 0.6) is 11.5 Å². The number of hydrogen-bond acceptors (Lipinski definition) is 5. The van der Waals surface area contributed by atoms with Crippen molar-refractivity contribution in [3.8, 4) is 17.6 Å². The van der Waals surface area contributed by atoms with Crippen molar-refractivity contribution in [2.45, 2.75) is 19.4 Å². The van der Waals surface area contributed by atoms with Crippen molar-refractivity contribution in [3.05, 3.63) is 23.8 Å². The van der Waals surface area contributed by atoms with Gasteiger partial charge in [0.1, 0.15) is 0 Å². The van der Waals surface area contributed by atoms with Gasteiger partial charge in [0.25, 0.3) is 5.91 Å². The summed E-state index contributed by atoms with van der Waals surface area (Å²) in [6, 6.07) is 6.25. The molecule has 0 aromatic heterocycles. The Kier molecular flexibility index (Phi) is 4.66. The molecule has 0 spiro atoms. The van der Waals surface area contributed by atoms with Crippen LogP contribution < -0.4 is 0 Å². The van der Waals surface area contributed by atoms with Crippen molar-refractivity contribution >= 4 is 5.91 Å². The van der Waals surface area contributed by atoms with Gasteiger partial charge in [0.15, 0.2) is 11.5 Å². The highest BCUT2D eigenvalue weighted by atomic mass is 16.3. The van der Waals surface area contributed by atoms with E-state index in [1.165, 1.54) is 18.2 Å². The van der Waals surface area contributed by atoms with Gasteiger partial charge in [-0.15, -0.1) is 0 Å². The Morgan fingerprint density at radius 3 is 2.48 bits per heavy atom. The summed E-state index contributed by atoms with van der Waals surface area (Å²) < 4.78 is 0. The van der Waals surface area contributed by atoms with Gasteiger partial charge in [0.2, 0.25) is 0 Å². The SMILES string of the molecule is CCC(C#N)N1CCN(C(=O)c2ccc(O)c(O)c2)CC1. The summed E-state index contributed by atoms with van der Waals surface area (Å²) in [5.74, 6) is -0.707. The molecule has 1 fully saturated rings. The topological polar surface area (TPSA) is 87.8 Å². The van der Waals surface area contributed by atoms with Gasteiger partial charge in [0, 0.05) is 31.7 Å². The second-order valence-electron chi connectivity index (χ2n) is 5.08. The van der Waals surface area contributed by atoms with E-state index in [1.54, 1.807) is 4.90 Å². The molecule has 0 bridgehead atoms. The number of benzene rings is 1. The van der Waals surface area contributed by atoms with E-state index in [2.05, 4.69) is 11.0 Å². The quantitative estimate of drug-likeness (QED) is 0.815. The fourth-order valence-electron chi connectivity index (χ4n) is 2.51. The molecule has 21 heavy (non-hydrogen) atoms. The minimum atomic E-state index is -0.296. The third kappa shape index (κ3) is 3.26. The number of amides is 1. The molecule has 1 aromatic carbocycles. The lowest BCUT2D eigenvalue weighted by Crippen LogP contribution is -2.51. The number of hydrogen-bond donors (Lipinski definition) is 2. The lowest BCUT2D eigenvalue weighted by Gasteiger charge is -2.36. The standard InChI is InChI=1S/C15H19N3O3/c1-2-12(10-16)17-5-7-18(8-6-17)15(21)11-3-4-13(19)14(20)9-11/h3-4,9,12,19-20H,2,5-8H2,1H3. The maximum Gasteiger partial charge on any atom is 0.254 e. The van der Waals surface area contributed by atoms with Crippen molar-refractivity contribution in [3.63, 3.8) is 0 Å². The first kappa shape index (κ1) is 15.1. The number of phenols is 2. The van der Waals surface area contributed by atoms with Crippen LogP contribution in [0.25, 0.3) is 0 Å². The smallest absolute Gasteiger partial charge is 0.254 e.